The van der Waals surface area contributed by atoms with Gasteiger partial charge in [-0.15, -0.1) is 0 Å². The van der Waals surface area contributed by atoms with E-state index in [1.807, 2.05) is 0 Å². The fourth-order valence-corrected chi connectivity index (χ4v) is 1.65. The quantitative estimate of drug-likeness (QED) is 0.669. The van der Waals surface area contributed by atoms with Crippen molar-refractivity contribution in [2.45, 2.75) is 31.1 Å². The normalized spacial score (nSPS) is 29.8. The van der Waals surface area contributed by atoms with Crippen LogP contribution in [-0.4, -0.2) is 42.4 Å². The van der Waals surface area contributed by atoms with Gasteiger partial charge in [0.1, 0.15) is 6.04 Å². The van der Waals surface area contributed by atoms with Crippen LogP contribution in [-0.2, 0) is 14.3 Å². The molecule has 17 heavy (non-hydrogen) atoms. The summed E-state index contributed by atoms with van der Waals surface area (Å²) in [5.41, 5.74) is 0. The van der Waals surface area contributed by atoms with Crippen molar-refractivity contribution in [3.05, 3.63) is 0 Å². The predicted octanol–water partition coefficient (Wildman–Crippen LogP) is 0.543. The molecule has 0 amide bonds. The molecule has 1 aliphatic heterocycles. The van der Waals surface area contributed by atoms with Gasteiger partial charge in [-0.2, -0.15) is 13.2 Å². The Kier molecular flexibility index (Phi) is 3.97. The van der Waals surface area contributed by atoms with E-state index in [1.165, 1.54) is 13.5 Å². The molecule has 0 spiro atoms. The maximum atomic E-state index is 10.9. The number of carbonyl (C=O) groups excluding carboxylic acids is 1. The Labute approximate surface area is 94.9 Å². The summed E-state index contributed by atoms with van der Waals surface area (Å²) >= 11 is 0. The van der Waals surface area contributed by atoms with Gasteiger partial charge in [0.2, 0.25) is 0 Å². The average Bonchev–Trinajstić information content (AvgIpc) is 2.84. The van der Waals surface area contributed by atoms with Crippen LogP contribution in [0, 0.1) is 5.92 Å². The minimum atomic E-state index is -5.08. The van der Waals surface area contributed by atoms with Crippen molar-refractivity contribution in [3.63, 3.8) is 0 Å². The van der Waals surface area contributed by atoms with E-state index in [-0.39, 0.29) is 12.0 Å². The van der Waals surface area contributed by atoms with Crippen molar-refractivity contribution in [2.75, 3.05) is 7.11 Å². The average molecular weight is 255 g/mol. The molecule has 5 nitrogen and oxygen atoms in total. The third kappa shape index (κ3) is 3.88. The van der Waals surface area contributed by atoms with E-state index in [2.05, 4.69) is 10.1 Å². The fourth-order valence-electron chi connectivity index (χ4n) is 1.65. The third-order valence-electron chi connectivity index (χ3n) is 2.60. The molecule has 98 valence electrons. The first-order chi connectivity index (χ1) is 7.75. The molecular weight excluding hydrogens is 243 g/mol. The Morgan fingerprint density at radius 2 is 1.88 bits per heavy atom. The highest BCUT2D eigenvalue weighted by molar-refractivity contribution is 5.76. The molecule has 0 unspecified atom stereocenters. The van der Waals surface area contributed by atoms with Gasteiger partial charge in [0, 0.05) is 6.04 Å². The standard InChI is InChI=1S/C7H11NO2.C2HF3O2/c1-10-7(9)6-3-4-2-5(4)8-6;3-2(4,5)1(6)7/h4-6,8H,2-3H2,1H3;(H,6,7)/t4-,5-,6+;/m1./s1. The lowest BCUT2D eigenvalue weighted by Gasteiger charge is -2.08. The van der Waals surface area contributed by atoms with E-state index < -0.39 is 12.1 Å². The highest BCUT2D eigenvalue weighted by Crippen LogP contribution is 2.40. The maximum absolute atomic E-state index is 10.9. The molecule has 2 aliphatic rings. The van der Waals surface area contributed by atoms with Crippen LogP contribution in [0.2, 0.25) is 0 Å². The molecule has 1 saturated heterocycles. The van der Waals surface area contributed by atoms with Crippen molar-refractivity contribution in [1.29, 1.82) is 0 Å². The predicted molar refractivity (Wildman–Crippen MR) is 49.1 cm³/mol. The number of alkyl halides is 3. The number of nitrogens with one attached hydrogen (secondary N) is 1. The van der Waals surface area contributed by atoms with E-state index >= 15 is 0 Å². The zero-order valence-corrected chi connectivity index (χ0v) is 8.95. The summed E-state index contributed by atoms with van der Waals surface area (Å²) < 4.78 is 36.3. The second kappa shape index (κ2) is 4.91. The summed E-state index contributed by atoms with van der Waals surface area (Å²) in [5.74, 6) is -2.09. The first-order valence-electron chi connectivity index (χ1n) is 4.89. The zero-order valence-electron chi connectivity index (χ0n) is 8.95. The van der Waals surface area contributed by atoms with Gasteiger partial charge in [-0.05, 0) is 18.8 Å². The summed E-state index contributed by atoms with van der Waals surface area (Å²) in [5, 5.41) is 10.3. The van der Waals surface area contributed by atoms with E-state index in [4.69, 9.17) is 9.90 Å². The van der Waals surface area contributed by atoms with Crippen LogP contribution in [0.25, 0.3) is 0 Å². The monoisotopic (exact) mass is 255 g/mol. The van der Waals surface area contributed by atoms with Gasteiger partial charge >= 0.3 is 18.1 Å². The Morgan fingerprint density at radius 3 is 2.18 bits per heavy atom. The molecule has 1 aliphatic carbocycles. The summed E-state index contributed by atoms with van der Waals surface area (Å²) in [7, 11) is 1.44. The summed E-state index contributed by atoms with van der Waals surface area (Å²) in [4.78, 5) is 19.8. The smallest absolute Gasteiger partial charge is 0.475 e. The number of methoxy groups -OCH3 is 1. The van der Waals surface area contributed by atoms with E-state index in [0.717, 1.165) is 12.3 Å². The highest BCUT2D eigenvalue weighted by atomic mass is 19.4. The van der Waals surface area contributed by atoms with Gasteiger partial charge in [-0.1, -0.05) is 0 Å². The first kappa shape index (κ1) is 13.8. The molecule has 8 heteroatoms. The van der Waals surface area contributed by atoms with Crippen LogP contribution in [0.3, 0.4) is 0 Å². The van der Waals surface area contributed by atoms with E-state index in [9.17, 15) is 18.0 Å². The highest BCUT2D eigenvalue weighted by Gasteiger charge is 2.48. The van der Waals surface area contributed by atoms with Crippen LogP contribution >= 0.6 is 0 Å². The molecule has 2 N–H and O–H groups in total. The molecule has 0 bridgehead atoms. The van der Waals surface area contributed by atoms with E-state index in [0.29, 0.717) is 6.04 Å². The number of fused-ring (bicyclic) bond motifs is 1. The third-order valence-corrected chi connectivity index (χ3v) is 2.60. The lowest BCUT2D eigenvalue weighted by Crippen LogP contribution is -2.34. The Bertz CT molecular complexity index is 308. The molecule has 1 heterocycles. The van der Waals surface area contributed by atoms with Crippen LogP contribution in [0.4, 0.5) is 13.2 Å². The molecule has 0 aromatic heterocycles. The number of rotatable bonds is 1. The number of hydrogen-bond donors (Lipinski definition) is 2. The summed E-state index contributed by atoms with van der Waals surface area (Å²) in [6.07, 6.45) is -2.84. The Morgan fingerprint density at radius 1 is 1.35 bits per heavy atom. The molecule has 3 atom stereocenters. The van der Waals surface area contributed by atoms with Crippen molar-refractivity contribution in [3.8, 4) is 0 Å². The van der Waals surface area contributed by atoms with Crippen LogP contribution < -0.4 is 5.32 Å². The minimum Gasteiger partial charge on any atom is -0.475 e. The van der Waals surface area contributed by atoms with Gasteiger partial charge in [0.15, 0.2) is 0 Å². The molecule has 2 fully saturated rings. The number of piperidine rings is 1. The minimum absolute atomic E-state index is 0.00579. The molecule has 2 rings (SSSR count). The van der Waals surface area contributed by atoms with Crippen molar-refractivity contribution >= 4 is 11.9 Å². The number of carboxylic acids is 1. The largest absolute Gasteiger partial charge is 0.490 e. The maximum Gasteiger partial charge on any atom is 0.490 e. The van der Waals surface area contributed by atoms with E-state index in [1.54, 1.807) is 0 Å². The summed E-state index contributed by atoms with van der Waals surface area (Å²) in [6.45, 7) is 0. The van der Waals surface area contributed by atoms with Crippen molar-refractivity contribution in [2.24, 2.45) is 5.92 Å². The lowest BCUT2D eigenvalue weighted by molar-refractivity contribution is -0.192. The number of carbonyl (C=O) groups is 2. The van der Waals surface area contributed by atoms with Crippen LogP contribution in [0.5, 0.6) is 0 Å². The second-order valence-electron chi connectivity index (χ2n) is 3.88. The molecule has 0 aromatic carbocycles. The Balaban J connectivity index is 0.000000185. The summed E-state index contributed by atoms with van der Waals surface area (Å²) in [6, 6.07) is 0.623. The number of ether oxygens (including phenoxy) is 1. The number of carboxylic acid groups (broad SMARTS) is 1. The second-order valence-corrected chi connectivity index (χ2v) is 3.88. The van der Waals surface area contributed by atoms with Gasteiger partial charge in [-0.3, -0.25) is 4.79 Å². The topological polar surface area (TPSA) is 75.6 Å². The number of esters is 1. The van der Waals surface area contributed by atoms with Crippen molar-refractivity contribution in [1.82, 2.24) is 5.32 Å². The fraction of sp³-hybridized carbons (Fsp3) is 0.778. The zero-order chi connectivity index (χ0) is 13.2. The molecule has 0 radical (unpaired) electrons. The number of aliphatic carboxylic acids is 1. The van der Waals surface area contributed by atoms with Gasteiger partial charge in [0.05, 0.1) is 7.11 Å². The van der Waals surface area contributed by atoms with Gasteiger partial charge in [0.25, 0.3) is 0 Å². The van der Waals surface area contributed by atoms with Gasteiger partial charge < -0.3 is 15.2 Å². The SMILES string of the molecule is COC(=O)[C@@H]1C[C@H]2C[C@H]2N1.O=C(O)C(F)(F)F. The number of halogens is 3. The lowest BCUT2D eigenvalue weighted by atomic mass is 10.2. The Hall–Kier alpha value is -1.31. The molecule has 1 saturated carbocycles. The molecular formula is C9H12F3NO4. The van der Waals surface area contributed by atoms with Crippen LogP contribution in [0.15, 0.2) is 0 Å². The number of hydrogen-bond acceptors (Lipinski definition) is 4. The van der Waals surface area contributed by atoms with Gasteiger partial charge in [-0.25, -0.2) is 4.79 Å². The first-order valence-corrected chi connectivity index (χ1v) is 4.89. The van der Waals surface area contributed by atoms with Crippen molar-refractivity contribution < 1.29 is 32.6 Å². The molecule has 0 aromatic rings. The van der Waals surface area contributed by atoms with Crippen LogP contribution in [0.1, 0.15) is 12.8 Å².